The predicted molar refractivity (Wildman–Crippen MR) is 45.3 cm³/mol. The molecule has 0 fully saturated rings. The number of sulfone groups is 1. The van der Waals surface area contributed by atoms with E-state index in [0.717, 1.165) is 12.3 Å². The van der Waals surface area contributed by atoms with Crippen LogP contribution in [0.5, 0.6) is 0 Å². The minimum absolute atomic E-state index is 0.0207. The molecule has 0 radical (unpaired) electrons. The van der Waals surface area contributed by atoms with Crippen LogP contribution in [-0.4, -0.2) is 19.9 Å². The summed E-state index contributed by atoms with van der Waals surface area (Å²) in [4.78, 5) is 0.0207. The Hall–Kier alpha value is -0.950. The van der Waals surface area contributed by atoms with Crippen molar-refractivity contribution in [2.75, 3.05) is 6.26 Å². The van der Waals surface area contributed by atoms with E-state index in [1.165, 1.54) is 18.2 Å². The Bertz CT molecular complexity index is 399. The van der Waals surface area contributed by atoms with E-state index in [-0.39, 0.29) is 10.6 Å². The van der Waals surface area contributed by atoms with Gasteiger partial charge in [-0.15, -0.1) is 0 Å². The van der Waals surface area contributed by atoms with E-state index >= 15 is 0 Å². The maximum Gasteiger partial charge on any atom is 0.175 e. The van der Waals surface area contributed by atoms with Crippen LogP contribution in [0, 0.1) is 5.21 Å². The zero-order valence-electron chi connectivity index (χ0n) is 6.89. The van der Waals surface area contributed by atoms with Crippen molar-refractivity contribution < 1.29 is 18.9 Å². The molecule has 5 nitrogen and oxygen atoms in total. The normalized spacial score (nSPS) is 14.1. The number of nitrogens with one attached hydrogen (secondary N) is 1. The Labute approximate surface area is 75.7 Å². The third-order valence-corrected chi connectivity index (χ3v) is 2.62. The topological polar surface area (TPSA) is 81.9 Å². The largest absolute Gasteiger partial charge is 0.595 e. The lowest BCUT2D eigenvalue weighted by Gasteiger charge is -2.11. The molecule has 0 saturated heterocycles. The van der Waals surface area contributed by atoms with E-state index < -0.39 is 15.1 Å². The Balaban J connectivity index is 3.21. The average molecular weight is 203 g/mol. The van der Waals surface area contributed by atoms with E-state index in [9.17, 15) is 13.6 Å². The molecule has 0 aliphatic rings. The molecule has 1 unspecified atom stereocenters. The van der Waals surface area contributed by atoms with Gasteiger partial charge in [0.15, 0.2) is 15.5 Å². The summed E-state index contributed by atoms with van der Waals surface area (Å²) >= 11 is 0. The highest BCUT2D eigenvalue weighted by atomic mass is 32.2. The molecule has 1 rings (SSSR count). The summed E-state index contributed by atoms with van der Waals surface area (Å²) in [6.07, 6.45) is 1.04. The molecule has 1 aromatic carbocycles. The fourth-order valence-corrected chi connectivity index (χ4v) is 1.53. The van der Waals surface area contributed by atoms with Gasteiger partial charge in [-0.3, -0.25) is 0 Å². The molecule has 0 saturated carbocycles. The van der Waals surface area contributed by atoms with Gasteiger partial charge in [0.1, 0.15) is 0 Å². The zero-order chi connectivity index (χ0) is 10.1. The van der Waals surface area contributed by atoms with Gasteiger partial charge < -0.3 is 5.21 Å². The highest BCUT2D eigenvalue weighted by molar-refractivity contribution is 7.90. The van der Waals surface area contributed by atoms with Crippen molar-refractivity contribution in [2.45, 2.75) is 4.90 Å². The number of benzene rings is 1. The molecule has 0 bridgehead atoms. The maximum atomic E-state index is 11.0. The number of hydrogen-bond donors (Lipinski definition) is 2. The van der Waals surface area contributed by atoms with Crippen LogP contribution in [-0.2, 0) is 9.84 Å². The van der Waals surface area contributed by atoms with E-state index in [1.807, 2.05) is 0 Å². The lowest BCUT2D eigenvalue weighted by Crippen LogP contribution is -2.99. The fourth-order valence-electron chi connectivity index (χ4n) is 0.860. The highest BCUT2D eigenvalue weighted by Gasteiger charge is 2.09. The van der Waals surface area contributed by atoms with E-state index in [1.54, 1.807) is 0 Å². The number of hydrogen-bond acceptors (Lipinski definition) is 4. The van der Waals surface area contributed by atoms with E-state index in [2.05, 4.69) is 0 Å². The fraction of sp³-hybridized carbons (Fsp3) is 0.143. The summed E-state index contributed by atoms with van der Waals surface area (Å²) < 4.78 is 22.0. The minimum atomic E-state index is -3.32. The van der Waals surface area contributed by atoms with E-state index in [4.69, 9.17) is 5.21 Å². The first-order valence-corrected chi connectivity index (χ1v) is 5.34. The summed E-state index contributed by atoms with van der Waals surface area (Å²) in [6, 6.07) is 5.25. The standard InChI is InChI=1S/C7H9NO4S/c1-13(11,12)7-4-2-3-6(5-7)8(9)10/h2-5,8-9H,1H3. The van der Waals surface area contributed by atoms with Gasteiger partial charge in [0.05, 0.1) is 4.90 Å². The predicted octanol–water partition coefficient (Wildman–Crippen LogP) is -0.506. The number of quaternary nitrogens is 1. The van der Waals surface area contributed by atoms with Crippen molar-refractivity contribution in [1.82, 2.24) is 0 Å². The van der Waals surface area contributed by atoms with Crippen molar-refractivity contribution in [3.8, 4) is 0 Å². The van der Waals surface area contributed by atoms with Gasteiger partial charge in [0, 0.05) is 18.4 Å². The molecule has 13 heavy (non-hydrogen) atoms. The molecule has 0 aromatic heterocycles. The molecular formula is C7H9NO4S. The van der Waals surface area contributed by atoms with Gasteiger partial charge in [0.25, 0.3) is 0 Å². The first-order chi connectivity index (χ1) is 5.91. The van der Waals surface area contributed by atoms with Gasteiger partial charge >= 0.3 is 0 Å². The maximum absolute atomic E-state index is 11.0. The van der Waals surface area contributed by atoms with Crippen LogP contribution in [0.15, 0.2) is 29.2 Å². The third kappa shape index (κ3) is 2.49. The van der Waals surface area contributed by atoms with Crippen LogP contribution < -0.4 is 5.23 Å². The minimum Gasteiger partial charge on any atom is -0.595 e. The highest BCUT2D eigenvalue weighted by Crippen LogP contribution is 2.11. The van der Waals surface area contributed by atoms with Crippen molar-refractivity contribution in [2.24, 2.45) is 0 Å². The molecule has 72 valence electrons. The molecule has 0 aliphatic carbocycles. The summed E-state index contributed by atoms with van der Waals surface area (Å²) in [5, 5.41) is 17.9. The molecule has 0 amide bonds. The van der Waals surface area contributed by atoms with E-state index in [0.29, 0.717) is 0 Å². The van der Waals surface area contributed by atoms with Crippen LogP contribution in [0.25, 0.3) is 0 Å². The Morgan fingerprint density at radius 2 is 2.08 bits per heavy atom. The van der Waals surface area contributed by atoms with Crippen LogP contribution in [0.4, 0.5) is 5.69 Å². The van der Waals surface area contributed by atoms with Crippen molar-refractivity contribution in [3.63, 3.8) is 0 Å². The quantitative estimate of drug-likeness (QED) is 0.634. The lowest BCUT2D eigenvalue weighted by molar-refractivity contribution is -0.991. The van der Waals surface area contributed by atoms with Crippen LogP contribution in [0.1, 0.15) is 0 Å². The monoisotopic (exact) mass is 203 g/mol. The molecule has 0 heterocycles. The Morgan fingerprint density at radius 3 is 2.54 bits per heavy atom. The summed E-state index contributed by atoms with van der Waals surface area (Å²) in [6.45, 7) is 0. The average Bonchev–Trinajstić information content (AvgIpc) is 2.03. The van der Waals surface area contributed by atoms with Gasteiger partial charge in [-0.2, -0.15) is 5.23 Å². The second-order valence-corrected chi connectivity index (χ2v) is 4.62. The second-order valence-electron chi connectivity index (χ2n) is 2.61. The first-order valence-electron chi connectivity index (χ1n) is 3.44. The lowest BCUT2D eigenvalue weighted by atomic mass is 10.3. The summed E-state index contributed by atoms with van der Waals surface area (Å²) in [5.41, 5.74) is -0.0251. The summed E-state index contributed by atoms with van der Waals surface area (Å²) in [5.74, 6) is 0. The van der Waals surface area contributed by atoms with Crippen molar-refractivity contribution in [3.05, 3.63) is 29.5 Å². The SMILES string of the molecule is CS(=O)(=O)c1cccc([NH+]([O-])O)c1. The molecular weight excluding hydrogens is 194 g/mol. The van der Waals surface area contributed by atoms with Gasteiger partial charge in [-0.05, 0) is 6.07 Å². The molecule has 6 heteroatoms. The van der Waals surface area contributed by atoms with Gasteiger partial charge in [-0.1, -0.05) is 6.07 Å². The summed E-state index contributed by atoms with van der Waals surface area (Å²) in [7, 11) is -3.32. The smallest absolute Gasteiger partial charge is 0.175 e. The number of rotatable bonds is 2. The van der Waals surface area contributed by atoms with Gasteiger partial charge in [0.2, 0.25) is 0 Å². The molecule has 1 aromatic rings. The van der Waals surface area contributed by atoms with Crippen molar-refractivity contribution >= 4 is 15.5 Å². The van der Waals surface area contributed by atoms with Gasteiger partial charge in [-0.25, -0.2) is 13.6 Å². The molecule has 2 N–H and O–H groups in total. The zero-order valence-corrected chi connectivity index (χ0v) is 7.71. The van der Waals surface area contributed by atoms with Crippen LogP contribution in [0.3, 0.4) is 0 Å². The Kier molecular flexibility index (Phi) is 2.67. The van der Waals surface area contributed by atoms with Crippen LogP contribution in [0.2, 0.25) is 0 Å². The Morgan fingerprint density at radius 1 is 1.46 bits per heavy atom. The molecule has 1 atom stereocenters. The molecule has 0 aliphatic heterocycles. The third-order valence-electron chi connectivity index (χ3n) is 1.51. The first kappa shape index (κ1) is 10.1. The van der Waals surface area contributed by atoms with Crippen molar-refractivity contribution in [1.29, 1.82) is 0 Å². The van der Waals surface area contributed by atoms with Crippen LogP contribution >= 0.6 is 0 Å². The second kappa shape index (κ2) is 3.43. The molecule has 0 spiro atoms.